The van der Waals surface area contributed by atoms with Gasteiger partial charge in [0, 0.05) is 22.0 Å². The number of para-hydroxylation sites is 1. The van der Waals surface area contributed by atoms with Crippen LogP contribution in [0.15, 0.2) is 53.1 Å². The zero-order chi connectivity index (χ0) is 17.7. The normalized spacial score (nSPS) is 16.3. The number of amides is 1. The number of furan rings is 1. The van der Waals surface area contributed by atoms with Crippen molar-refractivity contribution in [2.24, 2.45) is 0 Å². The van der Waals surface area contributed by atoms with Gasteiger partial charge in [0.05, 0.1) is 17.2 Å². The van der Waals surface area contributed by atoms with E-state index in [0.29, 0.717) is 12.6 Å². The van der Waals surface area contributed by atoms with E-state index in [1.807, 2.05) is 48.2 Å². The first kappa shape index (κ1) is 15.7. The zero-order valence-electron chi connectivity index (χ0n) is 14.5. The Kier molecular flexibility index (Phi) is 3.64. The minimum Gasteiger partial charge on any atom is -0.488 e. The molecule has 26 heavy (non-hydrogen) atoms. The molecule has 1 fully saturated rings. The number of nitrogens with zero attached hydrogens (tertiary/aromatic N) is 1. The Morgan fingerprint density at radius 3 is 2.85 bits per heavy atom. The number of rotatable bonds is 4. The van der Waals surface area contributed by atoms with Gasteiger partial charge in [-0.1, -0.05) is 12.1 Å². The van der Waals surface area contributed by atoms with Crippen LogP contribution >= 0.6 is 11.3 Å². The van der Waals surface area contributed by atoms with Crippen molar-refractivity contribution < 1.29 is 13.9 Å². The topological polar surface area (TPSA) is 42.7 Å². The van der Waals surface area contributed by atoms with Crippen molar-refractivity contribution >= 4 is 17.2 Å². The molecular weight excluding hydrogens is 346 g/mol. The molecule has 4 nitrogen and oxygen atoms in total. The van der Waals surface area contributed by atoms with E-state index in [1.165, 1.54) is 0 Å². The quantitative estimate of drug-likeness (QED) is 0.633. The van der Waals surface area contributed by atoms with Crippen LogP contribution in [0.4, 0.5) is 0 Å². The molecule has 0 N–H and O–H groups in total. The lowest BCUT2D eigenvalue weighted by Crippen LogP contribution is -2.35. The Labute approximate surface area is 156 Å². The number of carbonyl (C=O) groups excluding carboxylic acids is 1. The minimum absolute atomic E-state index is 0.0623. The van der Waals surface area contributed by atoms with Gasteiger partial charge in [-0.3, -0.25) is 4.79 Å². The summed E-state index contributed by atoms with van der Waals surface area (Å²) in [5.41, 5.74) is 2.17. The van der Waals surface area contributed by atoms with Crippen LogP contribution in [0.2, 0.25) is 0 Å². The van der Waals surface area contributed by atoms with E-state index >= 15 is 0 Å². The van der Waals surface area contributed by atoms with Crippen LogP contribution in [0.25, 0.3) is 10.4 Å². The molecule has 0 saturated heterocycles. The molecule has 3 aromatic rings. The fraction of sp³-hybridized carbons (Fsp3) is 0.286. The highest BCUT2D eigenvalue weighted by atomic mass is 32.1. The molecule has 5 heteroatoms. The third-order valence-electron chi connectivity index (χ3n) is 5.08. The molecule has 1 aliphatic carbocycles. The highest BCUT2D eigenvalue weighted by Crippen LogP contribution is 2.44. The van der Waals surface area contributed by atoms with Crippen LogP contribution in [0.3, 0.4) is 0 Å². The molecule has 1 aliphatic heterocycles. The van der Waals surface area contributed by atoms with Crippen molar-refractivity contribution in [2.45, 2.75) is 38.5 Å². The smallest absolute Gasteiger partial charge is 0.264 e. The lowest BCUT2D eigenvalue weighted by molar-refractivity contribution is 0.0657. The molecule has 0 bridgehead atoms. The monoisotopic (exact) mass is 365 g/mol. The van der Waals surface area contributed by atoms with E-state index in [1.54, 1.807) is 17.6 Å². The maximum Gasteiger partial charge on any atom is 0.264 e. The summed E-state index contributed by atoms with van der Waals surface area (Å²) in [5.74, 6) is 1.82. The summed E-state index contributed by atoms with van der Waals surface area (Å²) in [6, 6.07) is 14.1. The van der Waals surface area contributed by atoms with Crippen molar-refractivity contribution in [1.29, 1.82) is 0 Å². The molecule has 1 unspecified atom stereocenters. The molecule has 1 atom stereocenters. The van der Waals surface area contributed by atoms with Crippen LogP contribution in [0.1, 0.15) is 46.8 Å². The maximum absolute atomic E-state index is 13.3. The van der Waals surface area contributed by atoms with E-state index < -0.39 is 0 Å². The minimum atomic E-state index is -0.0623. The largest absolute Gasteiger partial charge is 0.488 e. The summed E-state index contributed by atoms with van der Waals surface area (Å²) in [7, 11) is 0. The maximum atomic E-state index is 13.3. The van der Waals surface area contributed by atoms with Crippen LogP contribution in [0, 0.1) is 0 Å². The Morgan fingerprint density at radius 2 is 2.08 bits per heavy atom. The van der Waals surface area contributed by atoms with Crippen LogP contribution < -0.4 is 4.74 Å². The van der Waals surface area contributed by atoms with Gasteiger partial charge in [-0.05, 0) is 50.1 Å². The molecule has 0 radical (unpaired) electrons. The predicted molar refractivity (Wildman–Crippen MR) is 100 cm³/mol. The Hall–Kier alpha value is -2.53. The Morgan fingerprint density at radius 1 is 1.23 bits per heavy atom. The van der Waals surface area contributed by atoms with Gasteiger partial charge >= 0.3 is 0 Å². The third-order valence-corrected chi connectivity index (χ3v) is 6.28. The first-order valence-electron chi connectivity index (χ1n) is 8.93. The van der Waals surface area contributed by atoms with E-state index in [4.69, 9.17) is 9.15 Å². The molecule has 5 rings (SSSR count). The first-order valence-corrected chi connectivity index (χ1v) is 9.75. The summed E-state index contributed by atoms with van der Waals surface area (Å²) in [6.07, 6.45) is 3.79. The zero-order valence-corrected chi connectivity index (χ0v) is 15.3. The summed E-state index contributed by atoms with van der Waals surface area (Å²) < 4.78 is 11.4. The van der Waals surface area contributed by atoms with Crippen LogP contribution in [0.5, 0.6) is 5.75 Å². The number of thiophene rings is 1. The molecule has 132 valence electrons. The van der Waals surface area contributed by atoms with E-state index in [2.05, 4.69) is 6.07 Å². The van der Waals surface area contributed by atoms with Gasteiger partial charge < -0.3 is 14.1 Å². The standard InChI is InChI=1S/C21H19NO3S/c1-13(17-7-4-10-24-17)22(15-8-9-15)21(23)19-11-14-12-25-18-6-3-2-5-16(18)20(14)26-19/h2-7,10-11,13,15H,8-9,12H2,1H3. The van der Waals surface area contributed by atoms with Gasteiger partial charge in [0.15, 0.2) is 0 Å². The van der Waals surface area contributed by atoms with Gasteiger partial charge in [0.25, 0.3) is 5.91 Å². The average molecular weight is 365 g/mol. The van der Waals surface area contributed by atoms with E-state index in [-0.39, 0.29) is 11.9 Å². The van der Waals surface area contributed by atoms with Crippen LogP contribution in [-0.2, 0) is 6.61 Å². The van der Waals surface area contributed by atoms with Gasteiger partial charge in [0.1, 0.15) is 18.1 Å². The lowest BCUT2D eigenvalue weighted by atomic mass is 10.1. The van der Waals surface area contributed by atoms with Gasteiger partial charge in [-0.2, -0.15) is 0 Å². The number of hydrogen-bond donors (Lipinski definition) is 0. The highest BCUT2D eigenvalue weighted by molar-refractivity contribution is 7.17. The van der Waals surface area contributed by atoms with Crippen molar-refractivity contribution in [2.75, 3.05) is 0 Å². The average Bonchev–Trinajstić information content (AvgIpc) is 3.18. The third kappa shape index (κ3) is 2.54. The van der Waals surface area contributed by atoms with Gasteiger partial charge in [0.2, 0.25) is 0 Å². The molecule has 1 amide bonds. The molecule has 2 aromatic heterocycles. The Bertz CT molecular complexity index is 956. The summed E-state index contributed by atoms with van der Waals surface area (Å²) in [4.78, 5) is 17.3. The molecular formula is C21H19NO3S. The van der Waals surface area contributed by atoms with Crippen molar-refractivity contribution in [1.82, 2.24) is 4.90 Å². The summed E-state index contributed by atoms with van der Waals surface area (Å²) >= 11 is 1.57. The van der Waals surface area contributed by atoms with Crippen molar-refractivity contribution in [3.05, 3.63) is 64.9 Å². The van der Waals surface area contributed by atoms with Crippen LogP contribution in [-0.4, -0.2) is 16.8 Å². The Balaban J connectivity index is 1.50. The number of benzene rings is 1. The molecule has 3 heterocycles. The number of ether oxygens (including phenoxy) is 1. The van der Waals surface area contributed by atoms with Gasteiger partial charge in [-0.15, -0.1) is 11.3 Å². The first-order chi connectivity index (χ1) is 12.7. The van der Waals surface area contributed by atoms with Crippen molar-refractivity contribution in [3.8, 4) is 16.2 Å². The number of carbonyl (C=O) groups is 1. The lowest BCUT2D eigenvalue weighted by Gasteiger charge is -2.27. The fourth-order valence-electron chi connectivity index (χ4n) is 3.61. The van der Waals surface area contributed by atoms with E-state index in [9.17, 15) is 4.79 Å². The number of hydrogen-bond acceptors (Lipinski definition) is 4. The highest BCUT2D eigenvalue weighted by Gasteiger charge is 2.38. The second-order valence-corrected chi connectivity index (χ2v) is 7.94. The molecule has 1 saturated carbocycles. The second kappa shape index (κ2) is 6.02. The predicted octanol–water partition coefficient (Wildman–Crippen LogP) is 5.27. The molecule has 0 spiro atoms. The summed E-state index contributed by atoms with van der Waals surface area (Å²) in [6.45, 7) is 2.56. The summed E-state index contributed by atoms with van der Waals surface area (Å²) in [5, 5.41) is 0. The second-order valence-electron chi connectivity index (χ2n) is 6.88. The molecule has 1 aromatic carbocycles. The van der Waals surface area contributed by atoms with E-state index in [0.717, 1.165) is 45.2 Å². The van der Waals surface area contributed by atoms with Gasteiger partial charge in [-0.25, -0.2) is 0 Å². The molecule has 2 aliphatic rings. The fourth-order valence-corrected chi connectivity index (χ4v) is 4.75. The van der Waals surface area contributed by atoms with Crippen molar-refractivity contribution in [3.63, 3.8) is 0 Å². The SMILES string of the molecule is CC(c1ccco1)N(C(=O)c1cc2c(s1)-c1ccccc1OC2)C1CC1. The number of fused-ring (bicyclic) bond motifs is 3.